The molecular weight excluding hydrogens is 387 g/mol. The number of pyridine rings is 1. The molecule has 0 saturated heterocycles. The maximum atomic E-state index is 13.0. The first-order valence-electron chi connectivity index (χ1n) is 9.49. The molecule has 1 aliphatic rings. The summed E-state index contributed by atoms with van der Waals surface area (Å²) in [5.74, 6) is -0.344. The molecule has 0 aliphatic heterocycles. The minimum atomic E-state index is -0.440. The minimum Gasteiger partial charge on any atom is -0.455 e. The highest BCUT2D eigenvalue weighted by molar-refractivity contribution is 6.09. The number of aromatic nitrogens is 1. The lowest BCUT2D eigenvalue weighted by Crippen LogP contribution is -2.22. The van der Waals surface area contributed by atoms with Crippen LogP contribution in [-0.4, -0.2) is 22.5 Å². The van der Waals surface area contributed by atoms with Crippen molar-refractivity contribution in [3.63, 3.8) is 0 Å². The predicted octanol–water partition coefficient (Wildman–Crippen LogP) is 3.84. The zero-order valence-corrected chi connectivity index (χ0v) is 16.2. The normalized spacial score (nSPS) is 14.3. The Bertz CT molecular complexity index is 1120. The van der Waals surface area contributed by atoms with E-state index in [1.165, 1.54) is 24.3 Å². The number of amides is 2. The van der Waals surface area contributed by atoms with Crippen molar-refractivity contribution in [2.45, 2.75) is 26.2 Å². The number of furan rings is 1. The van der Waals surface area contributed by atoms with E-state index in [1.54, 1.807) is 31.5 Å². The quantitative estimate of drug-likeness (QED) is 0.644. The maximum absolute atomic E-state index is 13.0. The fourth-order valence-corrected chi connectivity index (χ4v) is 3.41. The molecule has 0 radical (unpaired) electrons. The average molecular weight is 406 g/mol. The molecule has 0 bridgehead atoms. The molecule has 7 nitrogen and oxygen atoms in total. The van der Waals surface area contributed by atoms with Crippen LogP contribution in [0.3, 0.4) is 0 Å². The molecule has 0 saturated carbocycles. The van der Waals surface area contributed by atoms with Gasteiger partial charge in [-0.1, -0.05) is 0 Å². The molecule has 2 heterocycles. The molecule has 2 aromatic heterocycles. The Morgan fingerprint density at radius 3 is 2.67 bits per heavy atom. The molecule has 4 rings (SSSR count). The summed E-state index contributed by atoms with van der Waals surface area (Å²) in [5.41, 5.74) is 5.44. The molecule has 1 aromatic carbocycles. The van der Waals surface area contributed by atoms with Gasteiger partial charge in [0.2, 0.25) is 0 Å². The van der Waals surface area contributed by atoms with Gasteiger partial charge >= 0.3 is 0 Å². The van der Waals surface area contributed by atoms with E-state index < -0.39 is 11.7 Å². The molecule has 0 atom stereocenters. The van der Waals surface area contributed by atoms with Crippen LogP contribution in [-0.2, 0) is 6.42 Å². The number of fused-ring (bicyclic) bond motifs is 1. The number of hydrogen-bond donors (Lipinski definition) is 2. The van der Waals surface area contributed by atoms with Crippen molar-refractivity contribution in [3.05, 3.63) is 82.8 Å². The first-order chi connectivity index (χ1) is 14.5. The zero-order valence-electron chi connectivity index (χ0n) is 16.2. The lowest BCUT2D eigenvalue weighted by molar-refractivity contribution is 0.0953. The van der Waals surface area contributed by atoms with Crippen LogP contribution < -0.4 is 10.7 Å². The number of benzene rings is 1. The average Bonchev–Trinajstić information content (AvgIpc) is 3.10. The fourth-order valence-electron chi connectivity index (χ4n) is 3.41. The van der Waals surface area contributed by atoms with Crippen LogP contribution in [0.25, 0.3) is 0 Å². The van der Waals surface area contributed by atoms with Gasteiger partial charge in [0.25, 0.3) is 11.8 Å². The lowest BCUT2D eigenvalue weighted by Gasteiger charge is -2.13. The van der Waals surface area contributed by atoms with Crippen molar-refractivity contribution in [3.8, 4) is 0 Å². The summed E-state index contributed by atoms with van der Waals surface area (Å²) < 4.78 is 18.9. The first kappa shape index (κ1) is 19.5. The topological polar surface area (TPSA) is 96.6 Å². The van der Waals surface area contributed by atoms with E-state index in [9.17, 15) is 14.0 Å². The van der Waals surface area contributed by atoms with Crippen molar-refractivity contribution >= 4 is 23.2 Å². The Morgan fingerprint density at radius 2 is 1.93 bits per heavy atom. The Balaban J connectivity index is 1.56. The second-order valence-corrected chi connectivity index (χ2v) is 6.91. The van der Waals surface area contributed by atoms with Crippen LogP contribution in [0.1, 0.15) is 50.6 Å². The zero-order chi connectivity index (χ0) is 21.1. The van der Waals surface area contributed by atoms with Gasteiger partial charge in [0.05, 0.1) is 17.6 Å². The third-order valence-electron chi connectivity index (χ3n) is 4.85. The van der Waals surface area contributed by atoms with E-state index in [4.69, 9.17) is 4.42 Å². The smallest absolute Gasteiger partial charge is 0.291 e. The number of hydrazone groups is 1. The third-order valence-corrected chi connectivity index (χ3v) is 4.85. The van der Waals surface area contributed by atoms with Crippen LogP contribution in [0, 0.1) is 12.7 Å². The van der Waals surface area contributed by atoms with Crippen LogP contribution in [0.4, 0.5) is 10.1 Å². The van der Waals surface area contributed by atoms with Gasteiger partial charge in [0, 0.05) is 29.3 Å². The van der Waals surface area contributed by atoms with Crippen molar-refractivity contribution in [2.75, 3.05) is 5.32 Å². The Hall–Kier alpha value is -3.81. The molecule has 0 spiro atoms. The van der Waals surface area contributed by atoms with Gasteiger partial charge < -0.3 is 9.73 Å². The van der Waals surface area contributed by atoms with Crippen molar-refractivity contribution in [1.29, 1.82) is 0 Å². The fraction of sp³-hybridized carbons (Fsp3) is 0.182. The highest BCUT2D eigenvalue weighted by Gasteiger charge is 2.28. The number of aryl methyl sites for hydroxylation is 1. The molecule has 30 heavy (non-hydrogen) atoms. The highest BCUT2D eigenvalue weighted by Crippen LogP contribution is 2.30. The molecule has 2 N–H and O–H groups in total. The molecule has 8 heteroatoms. The second kappa shape index (κ2) is 8.28. The molecular formula is C22H19FN4O3. The number of halogens is 1. The van der Waals surface area contributed by atoms with Gasteiger partial charge in [-0.3, -0.25) is 14.6 Å². The standard InChI is InChI=1S/C22H19FN4O3/c1-13-19-17(26-27-21(28)14-7-9-15(23)10-8-14)5-2-6-18(19)30-20(13)22(29)25-16-4-3-11-24-12-16/h3-4,7-12H,2,5-6H2,1H3,(H,25,29)(H,27,28)/b26-17+. The van der Waals surface area contributed by atoms with E-state index in [0.717, 1.165) is 12.0 Å². The number of carbonyl (C=O) groups is 2. The Labute approximate surface area is 172 Å². The first-order valence-corrected chi connectivity index (χ1v) is 9.49. The van der Waals surface area contributed by atoms with Crippen molar-refractivity contribution in [1.82, 2.24) is 10.4 Å². The highest BCUT2D eigenvalue weighted by atomic mass is 19.1. The van der Waals surface area contributed by atoms with Gasteiger partial charge in [0.1, 0.15) is 11.6 Å². The molecule has 2 amide bonds. The SMILES string of the molecule is Cc1c(C(=O)Nc2cccnc2)oc2c1/C(=N/NC(=O)c1ccc(F)cc1)CCC2. The number of nitrogens with one attached hydrogen (secondary N) is 2. The van der Waals surface area contributed by atoms with Crippen LogP contribution in [0.15, 0.2) is 58.3 Å². The van der Waals surface area contributed by atoms with Gasteiger partial charge in [-0.15, -0.1) is 0 Å². The molecule has 1 aliphatic carbocycles. The van der Waals surface area contributed by atoms with E-state index >= 15 is 0 Å². The number of anilines is 1. The van der Waals surface area contributed by atoms with E-state index in [1.807, 2.05) is 0 Å². The molecule has 0 unspecified atom stereocenters. The number of carbonyl (C=O) groups excluding carboxylic acids is 2. The van der Waals surface area contributed by atoms with Gasteiger partial charge in [0.15, 0.2) is 5.76 Å². The summed E-state index contributed by atoms with van der Waals surface area (Å²) in [6, 6.07) is 8.68. The summed E-state index contributed by atoms with van der Waals surface area (Å²) in [7, 11) is 0. The lowest BCUT2D eigenvalue weighted by atomic mass is 9.93. The summed E-state index contributed by atoms with van der Waals surface area (Å²) >= 11 is 0. The van der Waals surface area contributed by atoms with E-state index in [2.05, 4.69) is 20.8 Å². The summed E-state index contributed by atoms with van der Waals surface area (Å²) in [6.45, 7) is 1.79. The Morgan fingerprint density at radius 1 is 1.13 bits per heavy atom. The number of rotatable bonds is 4. The minimum absolute atomic E-state index is 0.211. The summed E-state index contributed by atoms with van der Waals surface area (Å²) in [5, 5.41) is 7.03. The van der Waals surface area contributed by atoms with E-state index in [-0.39, 0.29) is 11.7 Å². The van der Waals surface area contributed by atoms with Crippen molar-refractivity contribution in [2.24, 2.45) is 5.10 Å². The van der Waals surface area contributed by atoms with Crippen LogP contribution >= 0.6 is 0 Å². The van der Waals surface area contributed by atoms with Gasteiger partial charge in [-0.2, -0.15) is 5.10 Å². The summed E-state index contributed by atoms with van der Waals surface area (Å²) in [6.07, 6.45) is 5.28. The van der Waals surface area contributed by atoms with Crippen LogP contribution in [0.5, 0.6) is 0 Å². The van der Waals surface area contributed by atoms with Gasteiger partial charge in [-0.05, 0) is 56.2 Å². The van der Waals surface area contributed by atoms with Gasteiger partial charge in [-0.25, -0.2) is 9.82 Å². The number of nitrogens with zero attached hydrogens (tertiary/aromatic N) is 2. The summed E-state index contributed by atoms with van der Waals surface area (Å²) in [4.78, 5) is 28.9. The largest absolute Gasteiger partial charge is 0.455 e. The number of hydrogen-bond acceptors (Lipinski definition) is 5. The molecule has 3 aromatic rings. The molecule has 0 fully saturated rings. The molecule has 152 valence electrons. The predicted molar refractivity (Wildman–Crippen MR) is 109 cm³/mol. The maximum Gasteiger partial charge on any atom is 0.291 e. The monoisotopic (exact) mass is 406 g/mol. The van der Waals surface area contributed by atoms with Crippen LogP contribution in [0.2, 0.25) is 0 Å². The second-order valence-electron chi connectivity index (χ2n) is 6.91. The Kier molecular flexibility index (Phi) is 5.38. The van der Waals surface area contributed by atoms with E-state index in [0.29, 0.717) is 41.1 Å². The van der Waals surface area contributed by atoms with Crippen molar-refractivity contribution < 1.29 is 18.4 Å². The third kappa shape index (κ3) is 3.98.